The number of aromatic carboxylic acids is 1. The number of nitrogens with one attached hydrogen (secondary N) is 2. The topological polar surface area (TPSA) is 81.3 Å². The van der Waals surface area contributed by atoms with E-state index >= 15 is 0 Å². The molecule has 6 heteroatoms. The number of amides is 1. The molecule has 0 bridgehead atoms. The van der Waals surface area contributed by atoms with Gasteiger partial charge in [0.1, 0.15) is 0 Å². The van der Waals surface area contributed by atoms with Crippen molar-refractivity contribution in [1.82, 2.24) is 5.32 Å². The monoisotopic (exact) mass is 381 g/mol. The minimum absolute atomic E-state index is 0.0684. The van der Waals surface area contributed by atoms with Crippen LogP contribution in [0.25, 0.3) is 6.08 Å². The lowest BCUT2D eigenvalue weighted by Gasteiger charge is -2.14. The van der Waals surface area contributed by atoms with Gasteiger partial charge in [0.05, 0.1) is 5.97 Å². The Balaban J connectivity index is 1.97. The van der Waals surface area contributed by atoms with E-state index in [0.717, 1.165) is 5.56 Å². The van der Waals surface area contributed by atoms with Crippen molar-refractivity contribution in [1.29, 1.82) is 0 Å². The molecular weight excluding hydrogens is 360 g/mol. The number of hydrogen-bond donors (Lipinski definition) is 2. The second-order valence-corrected chi connectivity index (χ2v) is 6.77. The second-order valence-electron chi connectivity index (χ2n) is 6.36. The van der Waals surface area contributed by atoms with E-state index in [0.29, 0.717) is 17.2 Å². The van der Waals surface area contributed by atoms with Crippen LogP contribution in [0, 0.1) is 6.92 Å². The van der Waals surface area contributed by atoms with E-state index in [9.17, 15) is 14.7 Å². The van der Waals surface area contributed by atoms with Gasteiger partial charge in [-0.2, -0.15) is 0 Å². The first-order valence-electron chi connectivity index (χ1n) is 8.49. The molecular formula is C21H21N2O3S-. The zero-order chi connectivity index (χ0) is 20.0. The van der Waals surface area contributed by atoms with E-state index in [1.165, 1.54) is 17.7 Å². The summed E-state index contributed by atoms with van der Waals surface area (Å²) in [5.74, 6) is -1.19. The molecule has 2 aromatic rings. The Morgan fingerprint density at radius 3 is 2.37 bits per heavy atom. The standard InChI is InChI=1S/C21H22N2O3S/c1-13(2)16-10-7-15(8-11-16)9-12-19(24)23-21(27)22-18-6-4-5-17(14(18)3)20(25)26/h4-13H,1-3H3,(H,25,26)(H2,22,23,24,27)/p-1/b12-9+. The maximum atomic E-state index is 12.0. The molecule has 5 nitrogen and oxygen atoms in total. The Labute approximate surface area is 164 Å². The maximum absolute atomic E-state index is 12.0. The molecule has 0 aliphatic heterocycles. The van der Waals surface area contributed by atoms with E-state index in [4.69, 9.17) is 12.2 Å². The van der Waals surface area contributed by atoms with Gasteiger partial charge in [0, 0.05) is 17.3 Å². The van der Waals surface area contributed by atoms with Gasteiger partial charge in [-0.3, -0.25) is 10.1 Å². The number of carboxylic acids is 1. The van der Waals surface area contributed by atoms with Crippen LogP contribution in [0.4, 0.5) is 5.69 Å². The van der Waals surface area contributed by atoms with Crippen molar-refractivity contribution >= 4 is 41.0 Å². The summed E-state index contributed by atoms with van der Waals surface area (Å²) in [5.41, 5.74) is 3.19. The molecule has 0 unspecified atom stereocenters. The minimum atomic E-state index is -1.27. The van der Waals surface area contributed by atoms with Crippen LogP contribution < -0.4 is 15.7 Å². The zero-order valence-electron chi connectivity index (χ0n) is 15.4. The van der Waals surface area contributed by atoms with Crippen LogP contribution in [0.3, 0.4) is 0 Å². The lowest BCUT2D eigenvalue weighted by molar-refractivity contribution is -0.255. The highest BCUT2D eigenvalue weighted by Crippen LogP contribution is 2.18. The molecule has 0 aliphatic rings. The fraction of sp³-hybridized carbons (Fsp3) is 0.190. The molecule has 0 atom stereocenters. The Morgan fingerprint density at radius 1 is 1.11 bits per heavy atom. The third kappa shape index (κ3) is 5.76. The molecule has 2 aromatic carbocycles. The van der Waals surface area contributed by atoms with Crippen LogP contribution in [-0.2, 0) is 4.79 Å². The van der Waals surface area contributed by atoms with Crippen molar-refractivity contribution in [3.63, 3.8) is 0 Å². The third-order valence-corrected chi connectivity index (χ3v) is 4.27. The van der Waals surface area contributed by atoms with Crippen LogP contribution >= 0.6 is 12.2 Å². The van der Waals surface area contributed by atoms with Gasteiger partial charge in [-0.1, -0.05) is 50.2 Å². The molecule has 2 rings (SSSR count). The average Bonchev–Trinajstić information content (AvgIpc) is 2.61. The van der Waals surface area contributed by atoms with Crippen molar-refractivity contribution in [3.8, 4) is 0 Å². The molecule has 0 aliphatic carbocycles. The smallest absolute Gasteiger partial charge is 0.250 e. The summed E-state index contributed by atoms with van der Waals surface area (Å²) in [6.45, 7) is 5.88. The molecule has 2 N–H and O–H groups in total. The largest absolute Gasteiger partial charge is 0.545 e. The number of anilines is 1. The summed E-state index contributed by atoms with van der Waals surface area (Å²) in [6.07, 6.45) is 3.09. The summed E-state index contributed by atoms with van der Waals surface area (Å²) in [7, 11) is 0. The van der Waals surface area contributed by atoms with E-state index in [-0.39, 0.29) is 16.6 Å². The SMILES string of the molecule is Cc1c(NC(=S)NC(=O)/C=C/c2ccc(C(C)C)cc2)cccc1C(=O)[O-]. The van der Waals surface area contributed by atoms with Crippen LogP contribution in [0.15, 0.2) is 48.5 Å². The average molecular weight is 381 g/mol. The summed E-state index contributed by atoms with van der Waals surface area (Å²) in [5, 5.41) is 16.5. The number of thiocarbonyl (C=S) groups is 1. The van der Waals surface area contributed by atoms with Crippen LogP contribution in [0.2, 0.25) is 0 Å². The van der Waals surface area contributed by atoms with Gasteiger partial charge in [0.15, 0.2) is 5.11 Å². The Kier molecular flexibility index (Phi) is 6.85. The van der Waals surface area contributed by atoms with Crippen LogP contribution in [0.1, 0.15) is 46.8 Å². The summed E-state index contributed by atoms with van der Waals surface area (Å²) < 4.78 is 0. The van der Waals surface area contributed by atoms with Gasteiger partial charge in [-0.05, 0) is 53.9 Å². The second kappa shape index (κ2) is 9.09. The molecule has 0 spiro atoms. The molecule has 0 radical (unpaired) electrons. The van der Waals surface area contributed by atoms with Crippen LogP contribution in [0.5, 0.6) is 0 Å². The van der Waals surface area contributed by atoms with Gasteiger partial charge >= 0.3 is 0 Å². The molecule has 27 heavy (non-hydrogen) atoms. The molecule has 0 heterocycles. The van der Waals surface area contributed by atoms with Gasteiger partial charge in [-0.25, -0.2) is 0 Å². The van der Waals surface area contributed by atoms with Crippen molar-refractivity contribution < 1.29 is 14.7 Å². The molecule has 0 saturated heterocycles. The molecule has 1 amide bonds. The first-order valence-corrected chi connectivity index (χ1v) is 8.89. The van der Waals surface area contributed by atoms with E-state index < -0.39 is 5.97 Å². The first-order chi connectivity index (χ1) is 12.8. The highest BCUT2D eigenvalue weighted by Gasteiger charge is 2.07. The van der Waals surface area contributed by atoms with Crippen molar-refractivity contribution in [2.24, 2.45) is 0 Å². The summed E-state index contributed by atoms with van der Waals surface area (Å²) in [6, 6.07) is 12.7. The van der Waals surface area contributed by atoms with Crippen molar-refractivity contribution in [2.45, 2.75) is 26.7 Å². The number of carboxylic acid groups (broad SMARTS) is 1. The Hall–Kier alpha value is -2.99. The van der Waals surface area contributed by atoms with Gasteiger partial charge in [0.25, 0.3) is 0 Å². The fourth-order valence-corrected chi connectivity index (χ4v) is 2.67. The van der Waals surface area contributed by atoms with Gasteiger partial charge in [0.2, 0.25) is 5.91 Å². The number of hydrogen-bond acceptors (Lipinski definition) is 4. The predicted octanol–water partition coefficient (Wildman–Crippen LogP) is 3.01. The number of benzene rings is 2. The first kappa shape index (κ1) is 20.3. The van der Waals surface area contributed by atoms with Crippen LogP contribution in [-0.4, -0.2) is 17.0 Å². The molecule has 0 fully saturated rings. The molecule has 140 valence electrons. The lowest BCUT2D eigenvalue weighted by atomic mass is 10.0. The highest BCUT2D eigenvalue weighted by atomic mass is 32.1. The molecule has 0 aromatic heterocycles. The number of carbonyl (C=O) groups is 2. The fourth-order valence-electron chi connectivity index (χ4n) is 2.46. The van der Waals surface area contributed by atoms with Crippen molar-refractivity contribution in [2.75, 3.05) is 5.32 Å². The number of rotatable bonds is 5. The predicted molar refractivity (Wildman–Crippen MR) is 109 cm³/mol. The van der Waals surface area contributed by atoms with E-state index in [2.05, 4.69) is 24.5 Å². The Morgan fingerprint density at radius 2 is 1.78 bits per heavy atom. The lowest BCUT2D eigenvalue weighted by Crippen LogP contribution is -2.33. The quantitative estimate of drug-likeness (QED) is 0.615. The van der Waals surface area contributed by atoms with E-state index in [1.807, 2.05) is 24.3 Å². The van der Waals surface area contributed by atoms with Crippen molar-refractivity contribution in [3.05, 3.63) is 70.8 Å². The summed E-state index contributed by atoms with van der Waals surface area (Å²) >= 11 is 5.12. The normalized spacial score (nSPS) is 10.8. The van der Waals surface area contributed by atoms with E-state index in [1.54, 1.807) is 25.1 Å². The highest BCUT2D eigenvalue weighted by molar-refractivity contribution is 7.80. The number of carbonyl (C=O) groups excluding carboxylic acids is 2. The maximum Gasteiger partial charge on any atom is 0.250 e. The van der Waals surface area contributed by atoms with Gasteiger partial charge in [-0.15, -0.1) is 0 Å². The Bertz CT molecular complexity index is 887. The zero-order valence-corrected chi connectivity index (χ0v) is 16.2. The van der Waals surface area contributed by atoms with Gasteiger partial charge < -0.3 is 15.2 Å². The minimum Gasteiger partial charge on any atom is -0.545 e. The molecule has 0 saturated carbocycles. The summed E-state index contributed by atoms with van der Waals surface area (Å²) in [4.78, 5) is 23.1. The third-order valence-electron chi connectivity index (χ3n) is 4.07.